The zero-order valence-corrected chi connectivity index (χ0v) is 16.2. The highest BCUT2D eigenvalue weighted by Gasteiger charge is 2.45. The SMILES string of the molecule is CN1CCCNC(=O)C12CCN(c1nc(F)cc(Oc3cccc(F)c3)n1)CC2. The molecule has 4 rings (SSSR count). The summed E-state index contributed by atoms with van der Waals surface area (Å²) in [4.78, 5) is 24.8. The summed E-state index contributed by atoms with van der Waals surface area (Å²) < 4.78 is 32.9. The highest BCUT2D eigenvalue weighted by Crippen LogP contribution is 2.32. The Morgan fingerprint density at radius 2 is 1.93 bits per heavy atom. The molecule has 2 fully saturated rings. The average molecular weight is 403 g/mol. The van der Waals surface area contributed by atoms with Gasteiger partial charge in [-0.1, -0.05) is 6.07 Å². The van der Waals surface area contributed by atoms with Crippen molar-refractivity contribution in [2.75, 3.05) is 38.1 Å². The van der Waals surface area contributed by atoms with E-state index in [1.165, 1.54) is 18.2 Å². The molecule has 29 heavy (non-hydrogen) atoms. The van der Waals surface area contributed by atoms with Crippen LogP contribution in [-0.2, 0) is 4.79 Å². The van der Waals surface area contributed by atoms with Gasteiger partial charge in [0, 0.05) is 32.2 Å². The molecule has 2 aliphatic rings. The van der Waals surface area contributed by atoms with Crippen LogP contribution >= 0.6 is 0 Å². The average Bonchev–Trinajstić information content (AvgIpc) is 2.82. The number of nitrogens with one attached hydrogen (secondary N) is 1. The molecule has 1 amide bonds. The number of aromatic nitrogens is 2. The highest BCUT2D eigenvalue weighted by atomic mass is 19.1. The van der Waals surface area contributed by atoms with Gasteiger partial charge in [0.25, 0.3) is 0 Å². The summed E-state index contributed by atoms with van der Waals surface area (Å²) in [5, 5.41) is 3.00. The minimum Gasteiger partial charge on any atom is -0.439 e. The maximum Gasteiger partial charge on any atom is 0.240 e. The number of halogens is 2. The van der Waals surface area contributed by atoms with Crippen molar-refractivity contribution in [3.8, 4) is 11.6 Å². The number of likely N-dealkylation sites (N-methyl/N-ethyl adjacent to an activating group) is 1. The van der Waals surface area contributed by atoms with Crippen molar-refractivity contribution >= 4 is 11.9 Å². The van der Waals surface area contributed by atoms with Gasteiger partial charge in [0.05, 0.1) is 6.07 Å². The summed E-state index contributed by atoms with van der Waals surface area (Å²) in [6.07, 6.45) is 2.10. The van der Waals surface area contributed by atoms with Crippen molar-refractivity contribution in [1.29, 1.82) is 0 Å². The Morgan fingerprint density at radius 1 is 1.14 bits per heavy atom. The van der Waals surface area contributed by atoms with Crippen molar-refractivity contribution in [1.82, 2.24) is 20.2 Å². The quantitative estimate of drug-likeness (QED) is 0.794. The van der Waals surface area contributed by atoms with Crippen LogP contribution < -0.4 is 15.0 Å². The van der Waals surface area contributed by atoms with Gasteiger partial charge in [0.2, 0.25) is 23.7 Å². The van der Waals surface area contributed by atoms with Gasteiger partial charge in [-0.15, -0.1) is 0 Å². The summed E-state index contributed by atoms with van der Waals surface area (Å²) in [5.74, 6) is -0.711. The first-order valence-corrected chi connectivity index (χ1v) is 9.69. The van der Waals surface area contributed by atoms with Crippen LogP contribution in [0.25, 0.3) is 0 Å². The van der Waals surface area contributed by atoms with Gasteiger partial charge in [-0.05, 0) is 38.4 Å². The molecule has 2 aliphatic heterocycles. The second-order valence-corrected chi connectivity index (χ2v) is 7.44. The van der Waals surface area contributed by atoms with Crippen LogP contribution in [0.4, 0.5) is 14.7 Å². The van der Waals surface area contributed by atoms with Crippen LogP contribution in [0, 0.1) is 11.8 Å². The summed E-state index contributed by atoms with van der Waals surface area (Å²) in [6, 6.07) is 6.62. The Balaban J connectivity index is 1.51. The predicted molar refractivity (Wildman–Crippen MR) is 103 cm³/mol. The largest absolute Gasteiger partial charge is 0.439 e. The van der Waals surface area contributed by atoms with Crippen LogP contribution in [0.1, 0.15) is 19.3 Å². The van der Waals surface area contributed by atoms with E-state index >= 15 is 0 Å². The zero-order valence-electron chi connectivity index (χ0n) is 16.2. The molecule has 3 heterocycles. The van der Waals surface area contributed by atoms with Crippen molar-refractivity contribution in [3.63, 3.8) is 0 Å². The van der Waals surface area contributed by atoms with Gasteiger partial charge in [-0.25, -0.2) is 4.39 Å². The van der Waals surface area contributed by atoms with E-state index in [0.717, 1.165) is 19.0 Å². The van der Waals surface area contributed by atoms with Crippen LogP contribution in [0.2, 0.25) is 0 Å². The number of piperidine rings is 1. The van der Waals surface area contributed by atoms with E-state index in [1.54, 1.807) is 6.07 Å². The fourth-order valence-electron chi connectivity index (χ4n) is 3.99. The first-order chi connectivity index (χ1) is 14.0. The fraction of sp³-hybridized carbons (Fsp3) is 0.450. The van der Waals surface area contributed by atoms with Gasteiger partial charge in [-0.2, -0.15) is 14.4 Å². The minimum absolute atomic E-state index is 0.00251. The molecule has 7 nitrogen and oxygen atoms in total. The lowest BCUT2D eigenvalue weighted by molar-refractivity contribution is -0.133. The molecule has 0 saturated carbocycles. The van der Waals surface area contributed by atoms with Gasteiger partial charge < -0.3 is 15.0 Å². The smallest absolute Gasteiger partial charge is 0.240 e. The molecule has 2 aromatic rings. The number of amides is 1. The number of rotatable bonds is 3. The second kappa shape index (κ2) is 7.90. The molecular formula is C20H23F2N5O2. The Hall–Kier alpha value is -2.81. The number of hydrogen-bond acceptors (Lipinski definition) is 6. The Morgan fingerprint density at radius 3 is 2.69 bits per heavy atom. The van der Waals surface area contributed by atoms with Crippen molar-refractivity contribution in [3.05, 3.63) is 42.1 Å². The van der Waals surface area contributed by atoms with E-state index in [1.807, 2.05) is 11.9 Å². The normalized spacial score (nSPS) is 19.7. The van der Waals surface area contributed by atoms with E-state index < -0.39 is 17.3 Å². The maximum absolute atomic E-state index is 14.1. The Bertz CT molecular complexity index is 902. The second-order valence-electron chi connectivity index (χ2n) is 7.44. The number of benzene rings is 1. The highest BCUT2D eigenvalue weighted by molar-refractivity contribution is 5.87. The first kappa shape index (κ1) is 19.5. The van der Waals surface area contributed by atoms with Crippen LogP contribution in [-0.4, -0.2) is 59.5 Å². The molecule has 1 N–H and O–H groups in total. The van der Waals surface area contributed by atoms with E-state index in [2.05, 4.69) is 20.2 Å². The lowest BCUT2D eigenvalue weighted by Crippen LogP contribution is -2.61. The molecule has 0 aliphatic carbocycles. The van der Waals surface area contributed by atoms with Crippen LogP contribution in [0.5, 0.6) is 11.6 Å². The number of nitrogens with zero attached hydrogens (tertiary/aromatic N) is 4. The molecule has 1 aromatic carbocycles. The standard InChI is InChI=1S/C20H23F2N5O2/c1-26-9-3-8-23-18(28)20(26)6-10-27(11-7-20)19-24-16(22)13-17(25-19)29-15-5-2-4-14(21)12-15/h2,4-5,12-13H,3,6-11H2,1H3,(H,23,28). The lowest BCUT2D eigenvalue weighted by atomic mass is 9.85. The topological polar surface area (TPSA) is 70.6 Å². The summed E-state index contributed by atoms with van der Waals surface area (Å²) in [7, 11) is 1.98. The van der Waals surface area contributed by atoms with E-state index in [-0.39, 0.29) is 23.5 Å². The first-order valence-electron chi connectivity index (χ1n) is 9.69. The number of ether oxygens (including phenoxy) is 1. The van der Waals surface area contributed by atoms with E-state index in [9.17, 15) is 13.6 Å². The fourth-order valence-corrected chi connectivity index (χ4v) is 3.99. The molecule has 0 atom stereocenters. The number of hydrogen-bond donors (Lipinski definition) is 1. The molecule has 1 spiro atoms. The molecular weight excluding hydrogens is 380 g/mol. The van der Waals surface area contributed by atoms with Gasteiger partial charge in [0.1, 0.15) is 17.1 Å². The molecule has 1 aromatic heterocycles. The third-order valence-electron chi connectivity index (χ3n) is 5.66. The van der Waals surface area contributed by atoms with E-state index in [0.29, 0.717) is 32.5 Å². The van der Waals surface area contributed by atoms with Crippen LogP contribution in [0.3, 0.4) is 0 Å². The van der Waals surface area contributed by atoms with Crippen molar-refractivity contribution in [2.24, 2.45) is 0 Å². The number of anilines is 1. The van der Waals surface area contributed by atoms with Crippen molar-refractivity contribution in [2.45, 2.75) is 24.8 Å². The predicted octanol–water partition coefficient (Wildman–Crippen LogP) is 2.34. The monoisotopic (exact) mass is 403 g/mol. The molecule has 2 saturated heterocycles. The van der Waals surface area contributed by atoms with Gasteiger partial charge in [-0.3, -0.25) is 9.69 Å². The van der Waals surface area contributed by atoms with Crippen molar-refractivity contribution < 1.29 is 18.3 Å². The van der Waals surface area contributed by atoms with Gasteiger partial charge >= 0.3 is 0 Å². The third-order valence-corrected chi connectivity index (χ3v) is 5.66. The minimum atomic E-state index is -0.731. The maximum atomic E-state index is 14.1. The molecule has 0 radical (unpaired) electrons. The molecule has 9 heteroatoms. The molecule has 154 valence electrons. The summed E-state index contributed by atoms with van der Waals surface area (Å²) >= 11 is 0. The summed E-state index contributed by atoms with van der Waals surface area (Å²) in [6.45, 7) is 2.56. The molecule has 0 bridgehead atoms. The van der Waals surface area contributed by atoms with E-state index in [4.69, 9.17) is 4.74 Å². The molecule has 0 unspecified atom stereocenters. The number of carbonyl (C=O) groups is 1. The Kier molecular flexibility index (Phi) is 5.31. The third kappa shape index (κ3) is 4.00. The number of carbonyl (C=O) groups excluding carboxylic acids is 1. The van der Waals surface area contributed by atoms with Crippen LogP contribution in [0.15, 0.2) is 30.3 Å². The summed E-state index contributed by atoms with van der Waals surface area (Å²) in [5.41, 5.74) is -0.554. The van der Waals surface area contributed by atoms with Gasteiger partial charge in [0.15, 0.2) is 0 Å². The Labute approximate surface area is 167 Å². The zero-order chi connectivity index (χ0) is 20.4. The lowest BCUT2D eigenvalue weighted by Gasteiger charge is -2.44.